The molecule has 1 unspecified atom stereocenters. The van der Waals surface area contributed by atoms with E-state index in [1.54, 1.807) is 24.5 Å². The second-order valence-electron chi connectivity index (χ2n) is 8.04. The SMILES string of the molecule is O=C(C=Cc1cccnc1)NCC(COCc1cc(C(F)(F)F)cc(C(F)(F)F)c1)c1ccc(F)cc1. The summed E-state index contributed by atoms with van der Waals surface area (Å²) < 4.78 is 97.4. The topological polar surface area (TPSA) is 51.2 Å². The number of carbonyl (C=O) groups is 1. The molecule has 2 aromatic carbocycles. The van der Waals surface area contributed by atoms with E-state index in [0.29, 0.717) is 23.3 Å². The number of nitrogens with zero attached hydrogens (tertiary/aromatic N) is 1. The van der Waals surface area contributed by atoms with Crippen molar-refractivity contribution in [3.8, 4) is 0 Å². The van der Waals surface area contributed by atoms with Crippen molar-refractivity contribution < 1.29 is 40.3 Å². The van der Waals surface area contributed by atoms with Crippen LogP contribution in [-0.2, 0) is 28.5 Å². The molecule has 0 aliphatic rings. The molecule has 0 radical (unpaired) electrons. The van der Waals surface area contributed by atoms with Crippen molar-refractivity contribution in [2.24, 2.45) is 0 Å². The number of nitrogens with one attached hydrogen (secondary N) is 1. The molecule has 0 fully saturated rings. The largest absolute Gasteiger partial charge is 0.416 e. The van der Waals surface area contributed by atoms with Crippen molar-refractivity contribution >= 4 is 12.0 Å². The number of hydrogen-bond acceptors (Lipinski definition) is 3. The highest BCUT2D eigenvalue weighted by molar-refractivity contribution is 5.91. The summed E-state index contributed by atoms with van der Waals surface area (Å²) in [6.07, 6.45) is -4.00. The van der Waals surface area contributed by atoms with Crippen LogP contribution in [-0.4, -0.2) is 24.0 Å². The predicted octanol–water partition coefficient (Wildman–Crippen LogP) is 6.39. The van der Waals surface area contributed by atoms with Gasteiger partial charge in [-0.25, -0.2) is 4.39 Å². The van der Waals surface area contributed by atoms with Gasteiger partial charge in [0.25, 0.3) is 0 Å². The van der Waals surface area contributed by atoms with Crippen LogP contribution < -0.4 is 5.32 Å². The van der Waals surface area contributed by atoms with Crippen LogP contribution in [0.3, 0.4) is 0 Å². The lowest BCUT2D eigenvalue weighted by Gasteiger charge is -2.19. The Labute approximate surface area is 207 Å². The first kappa shape index (κ1) is 27.9. The highest BCUT2D eigenvalue weighted by Crippen LogP contribution is 2.36. The van der Waals surface area contributed by atoms with Crippen LogP contribution in [0, 0.1) is 5.82 Å². The molecule has 0 spiro atoms. The fourth-order valence-corrected chi connectivity index (χ4v) is 3.36. The highest BCUT2D eigenvalue weighted by atomic mass is 19.4. The molecule has 1 amide bonds. The van der Waals surface area contributed by atoms with Crippen molar-refractivity contribution in [2.45, 2.75) is 24.9 Å². The first-order valence-corrected chi connectivity index (χ1v) is 10.9. The highest BCUT2D eigenvalue weighted by Gasteiger charge is 2.36. The maximum absolute atomic E-state index is 13.4. The summed E-state index contributed by atoms with van der Waals surface area (Å²) >= 11 is 0. The summed E-state index contributed by atoms with van der Waals surface area (Å²) in [5.74, 6) is -1.52. The molecule has 11 heteroatoms. The van der Waals surface area contributed by atoms with E-state index in [9.17, 15) is 35.5 Å². The third-order valence-corrected chi connectivity index (χ3v) is 5.21. The molecule has 1 atom stereocenters. The van der Waals surface area contributed by atoms with Crippen LogP contribution in [0.2, 0.25) is 0 Å². The van der Waals surface area contributed by atoms with Gasteiger partial charge < -0.3 is 10.1 Å². The Hall–Kier alpha value is -3.73. The number of pyridine rings is 1. The predicted molar refractivity (Wildman–Crippen MR) is 122 cm³/mol. The van der Waals surface area contributed by atoms with Crippen molar-refractivity contribution in [3.05, 3.63) is 107 Å². The number of benzene rings is 2. The molecule has 0 saturated carbocycles. The molecular weight excluding hydrogens is 505 g/mol. The van der Waals surface area contributed by atoms with Gasteiger partial charge >= 0.3 is 12.4 Å². The van der Waals surface area contributed by atoms with E-state index in [-0.39, 0.29) is 24.8 Å². The molecule has 4 nitrogen and oxygen atoms in total. The lowest BCUT2D eigenvalue weighted by Crippen LogP contribution is -2.29. The second kappa shape index (κ2) is 12.0. The summed E-state index contributed by atoms with van der Waals surface area (Å²) in [6.45, 7) is -0.701. The summed E-state index contributed by atoms with van der Waals surface area (Å²) in [6, 6.07) is 9.94. The van der Waals surface area contributed by atoms with Gasteiger partial charge in [0.1, 0.15) is 5.82 Å². The molecule has 196 valence electrons. The van der Waals surface area contributed by atoms with Crippen molar-refractivity contribution in [1.29, 1.82) is 0 Å². The molecule has 3 aromatic rings. The van der Waals surface area contributed by atoms with Crippen LogP contribution in [0.15, 0.2) is 73.1 Å². The van der Waals surface area contributed by atoms with Crippen molar-refractivity contribution in [1.82, 2.24) is 10.3 Å². The monoisotopic (exact) mass is 526 g/mol. The first-order valence-electron chi connectivity index (χ1n) is 10.9. The van der Waals surface area contributed by atoms with Gasteiger partial charge in [0.15, 0.2) is 0 Å². The molecule has 0 bridgehead atoms. The van der Waals surface area contributed by atoms with Gasteiger partial charge in [-0.15, -0.1) is 0 Å². The lowest BCUT2D eigenvalue weighted by molar-refractivity contribution is -0.143. The third kappa shape index (κ3) is 8.71. The van der Waals surface area contributed by atoms with E-state index in [4.69, 9.17) is 4.74 Å². The minimum atomic E-state index is -4.97. The smallest absolute Gasteiger partial charge is 0.376 e. The molecule has 0 saturated heterocycles. The molecule has 0 aliphatic heterocycles. The van der Waals surface area contributed by atoms with Gasteiger partial charge in [-0.05, 0) is 59.2 Å². The number of aromatic nitrogens is 1. The number of halogens is 7. The average Bonchev–Trinajstić information content (AvgIpc) is 2.85. The molecule has 1 N–H and O–H groups in total. The minimum absolute atomic E-state index is 0.0121. The lowest BCUT2D eigenvalue weighted by atomic mass is 9.99. The summed E-state index contributed by atoms with van der Waals surface area (Å²) in [7, 11) is 0. The molecule has 1 heterocycles. The molecule has 0 aliphatic carbocycles. The standard InChI is InChI=1S/C26H21F7N2O2/c27-23-6-4-19(5-7-23)20(14-35-24(36)8-3-17-2-1-9-34-13-17)16-37-15-18-10-21(25(28,29)30)12-22(11-18)26(31,32)33/h1-13,20H,14-16H2,(H,35,36). The fourth-order valence-electron chi connectivity index (χ4n) is 3.36. The van der Waals surface area contributed by atoms with E-state index in [1.165, 1.54) is 36.4 Å². The quantitative estimate of drug-likeness (QED) is 0.260. The molecule has 1 aromatic heterocycles. The summed E-state index contributed by atoms with van der Waals surface area (Å²) in [4.78, 5) is 16.2. The Morgan fingerprint density at radius 1 is 0.973 bits per heavy atom. The number of alkyl halides is 6. The number of carbonyl (C=O) groups excluding carboxylic acids is 1. The average molecular weight is 526 g/mol. The Morgan fingerprint density at radius 3 is 2.19 bits per heavy atom. The number of hydrogen-bond donors (Lipinski definition) is 1. The van der Waals surface area contributed by atoms with E-state index in [1.807, 2.05) is 0 Å². The minimum Gasteiger partial charge on any atom is -0.376 e. The Bertz CT molecular complexity index is 1180. The van der Waals surface area contributed by atoms with Crippen LogP contribution in [0.25, 0.3) is 6.08 Å². The summed E-state index contributed by atoms with van der Waals surface area (Å²) in [5.41, 5.74) is -1.95. The zero-order chi connectivity index (χ0) is 27.1. The molecule has 3 rings (SSSR count). The van der Waals surface area contributed by atoms with E-state index in [0.717, 1.165) is 0 Å². The van der Waals surface area contributed by atoms with Gasteiger partial charge in [0.2, 0.25) is 5.91 Å². The zero-order valence-corrected chi connectivity index (χ0v) is 19.1. The van der Waals surface area contributed by atoms with Gasteiger partial charge in [0.05, 0.1) is 24.3 Å². The molecular formula is C26H21F7N2O2. The van der Waals surface area contributed by atoms with E-state index < -0.39 is 47.7 Å². The van der Waals surface area contributed by atoms with E-state index in [2.05, 4.69) is 10.3 Å². The van der Waals surface area contributed by atoms with Gasteiger partial charge in [-0.1, -0.05) is 18.2 Å². The fraction of sp³-hybridized carbons (Fsp3) is 0.231. The second-order valence-corrected chi connectivity index (χ2v) is 8.04. The normalized spacial score (nSPS) is 13.1. The van der Waals surface area contributed by atoms with E-state index >= 15 is 0 Å². The van der Waals surface area contributed by atoms with Gasteiger partial charge in [-0.2, -0.15) is 26.3 Å². The van der Waals surface area contributed by atoms with Gasteiger partial charge in [0, 0.05) is 30.9 Å². The first-order chi connectivity index (χ1) is 17.4. The Morgan fingerprint density at radius 2 is 1.62 bits per heavy atom. The number of ether oxygens (including phenoxy) is 1. The van der Waals surface area contributed by atoms with Gasteiger partial charge in [-0.3, -0.25) is 9.78 Å². The zero-order valence-electron chi connectivity index (χ0n) is 19.1. The Kier molecular flexibility index (Phi) is 9.04. The van der Waals surface area contributed by atoms with Crippen LogP contribution >= 0.6 is 0 Å². The number of rotatable bonds is 9. The maximum atomic E-state index is 13.4. The van der Waals surface area contributed by atoms with Crippen LogP contribution in [0.4, 0.5) is 30.7 Å². The third-order valence-electron chi connectivity index (χ3n) is 5.21. The van der Waals surface area contributed by atoms with Crippen LogP contribution in [0.1, 0.15) is 33.7 Å². The maximum Gasteiger partial charge on any atom is 0.416 e. The Balaban J connectivity index is 1.70. The molecule has 37 heavy (non-hydrogen) atoms. The summed E-state index contributed by atoms with van der Waals surface area (Å²) in [5, 5.41) is 2.66. The van der Waals surface area contributed by atoms with Crippen LogP contribution in [0.5, 0.6) is 0 Å². The van der Waals surface area contributed by atoms with Crippen molar-refractivity contribution in [2.75, 3.05) is 13.2 Å². The number of amides is 1. The van der Waals surface area contributed by atoms with Crippen molar-refractivity contribution in [3.63, 3.8) is 0 Å².